The van der Waals surface area contributed by atoms with Gasteiger partial charge in [-0.3, -0.25) is 0 Å². The van der Waals surface area contributed by atoms with Gasteiger partial charge < -0.3 is 14.9 Å². The van der Waals surface area contributed by atoms with Crippen LogP contribution in [0.3, 0.4) is 0 Å². The second-order valence-corrected chi connectivity index (χ2v) is 3.77. The molecule has 2 heterocycles. The summed E-state index contributed by atoms with van der Waals surface area (Å²) in [5, 5.41) is 5.59. The van der Waals surface area contributed by atoms with E-state index in [4.69, 9.17) is 14.9 Å². The number of esters is 1. The van der Waals surface area contributed by atoms with E-state index in [1.54, 1.807) is 18.4 Å². The third kappa shape index (κ3) is 2.34. The van der Waals surface area contributed by atoms with Gasteiger partial charge in [0.1, 0.15) is 17.0 Å². The number of hydrogen-bond acceptors (Lipinski definition) is 7. The summed E-state index contributed by atoms with van der Waals surface area (Å²) < 4.78 is 14.1. The van der Waals surface area contributed by atoms with E-state index in [2.05, 4.69) is 9.59 Å². The minimum absolute atomic E-state index is 0.131. The Bertz CT molecular complexity index is 507. The van der Waals surface area contributed by atoms with Gasteiger partial charge in [0.15, 0.2) is 5.76 Å². The van der Waals surface area contributed by atoms with E-state index in [0.29, 0.717) is 29.4 Å². The summed E-state index contributed by atoms with van der Waals surface area (Å²) in [6.07, 6.45) is 0. The van der Waals surface area contributed by atoms with Crippen LogP contribution in [-0.4, -0.2) is 22.2 Å². The van der Waals surface area contributed by atoms with E-state index in [-0.39, 0.29) is 6.54 Å². The Morgan fingerprint density at radius 2 is 2.47 bits per heavy atom. The van der Waals surface area contributed by atoms with Crippen LogP contribution in [0.2, 0.25) is 0 Å². The summed E-state index contributed by atoms with van der Waals surface area (Å²) in [6.45, 7) is 2.18. The lowest BCUT2D eigenvalue weighted by atomic mass is 10.2. The number of furan rings is 1. The second-order valence-electron chi connectivity index (χ2n) is 3.16. The van der Waals surface area contributed by atoms with Gasteiger partial charge in [0.25, 0.3) is 0 Å². The molecule has 0 radical (unpaired) electrons. The Balaban J connectivity index is 2.36. The van der Waals surface area contributed by atoms with Gasteiger partial charge in [0.05, 0.1) is 13.2 Å². The third-order valence-electron chi connectivity index (χ3n) is 2.10. The second kappa shape index (κ2) is 5.07. The number of rotatable bonds is 4. The normalized spacial score (nSPS) is 10.5. The number of hydrogen-bond donors (Lipinski definition) is 1. The van der Waals surface area contributed by atoms with Gasteiger partial charge in [0.2, 0.25) is 0 Å². The Labute approximate surface area is 102 Å². The minimum atomic E-state index is -0.439. The molecule has 0 spiro atoms. The predicted molar refractivity (Wildman–Crippen MR) is 61.5 cm³/mol. The van der Waals surface area contributed by atoms with E-state index < -0.39 is 5.97 Å². The first-order valence-corrected chi connectivity index (χ1v) is 5.87. The lowest BCUT2D eigenvalue weighted by molar-refractivity contribution is 0.0524. The topological polar surface area (TPSA) is 91.2 Å². The maximum atomic E-state index is 11.6. The maximum Gasteiger partial charge on any atom is 0.341 e. The Kier molecular flexibility index (Phi) is 3.50. The molecular weight excluding hydrogens is 242 g/mol. The van der Waals surface area contributed by atoms with Crippen LogP contribution in [-0.2, 0) is 11.3 Å². The highest BCUT2D eigenvalue weighted by molar-refractivity contribution is 7.03. The third-order valence-corrected chi connectivity index (χ3v) is 2.61. The fourth-order valence-electron chi connectivity index (χ4n) is 1.36. The number of nitrogens with two attached hydrogens (primary N) is 1. The van der Waals surface area contributed by atoms with Crippen molar-refractivity contribution in [2.75, 3.05) is 6.61 Å². The first kappa shape index (κ1) is 11.7. The number of aromatic nitrogens is 2. The summed E-state index contributed by atoms with van der Waals surface area (Å²) in [4.78, 5) is 11.6. The van der Waals surface area contributed by atoms with Crippen molar-refractivity contribution in [1.82, 2.24) is 9.59 Å². The van der Waals surface area contributed by atoms with Gasteiger partial charge in [-0.1, -0.05) is 4.49 Å². The molecule has 0 aliphatic rings. The molecule has 7 heteroatoms. The van der Waals surface area contributed by atoms with E-state index in [9.17, 15) is 4.79 Å². The smallest absolute Gasteiger partial charge is 0.341 e. The molecule has 2 N–H and O–H groups in total. The first-order valence-electron chi connectivity index (χ1n) is 5.03. The monoisotopic (exact) mass is 253 g/mol. The SMILES string of the molecule is CCOC(=O)c1cc(-c2csnn2)oc1CN. The van der Waals surface area contributed by atoms with E-state index >= 15 is 0 Å². The van der Waals surface area contributed by atoms with Crippen molar-refractivity contribution < 1.29 is 13.9 Å². The van der Waals surface area contributed by atoms with Crippen molar-refractivity contribution in [3.63, 3.8) is 0 Å². The van der Waals surface area contributed by atoms with Crippen LogP contribution in [0.15, 0.2) is 15.9 Å². The van der Waals surface area contributed by atoms with Crippen LogP contribution >= 0.6 is 11.5 Å². The molecule has 2 aromatic rings. The highest BCUT2D eigenvalue weighted by Gasteiger charge is 2.19. The summed E-state index contributed by atoms with van der Waals surface area (Å²) in [7, 11) is 0. The zero-order valence-electron chi connectivity index (χ0n) is 9.17. The molecule has 2 aromatic heterocycles. The maximum absolute atomic E-state index is 11.6. The van der Waals surface area contributed by atoms with E-state index in [1.165, 1.54) is 11.5 Å². The molecule has 0 aliphatic heterocycles. The average molecular weight is 253 g/mol. The van der Waals surface area contributed by atoms with Crippen LogP contribution in [0, 0.1) is 0 Å². The Morgan fingerprint density at radius 1 is 1.65 bits per heavy atom. The Hall–Kier alpha value is -1.73. The molecule has 6 nitrogen and oxygen atoms in total. The van der Waals surface area contributed by atoms with Crippen molar-refractivity contribution >= 4 is 17.5 Å². The zero-order chi connectivity index (χ0) is 12.3. The van der Waals surface area contributed by atoms with Crippen molar-refractivity contribution in [2.45, 2.75) is 13.5 Å². The molecule has 0 saturated carbocycles. The molecule has 0 aromatic carbocycles. The molecule has 0 aliphatic carbocycles. The molecule has 0 saturated heterocycles. The Morgan fingerprint density at radius 3 is 3.06 bits per heavy atom. The van der Waals surface area contributed by atoms with Gasteiger partial charge in [-0.2, -0.15) is 0 Å². The molecule has 17 heavy (non-hydrogen) atoms. The highest BCUT2D eigenvalue weighted by Crippen LogP contribution is 2.25. The fourth-order valence-corrected chi connectivity index (χ4v) is 1.81. The van der Waals surface area contributed by atoms with Crippen LogP contribution in [0.1, 0.15) is 23.0 Å². The highest BCUT2D eigenvalue weighted by atomic mass is 32.1. The molecule has 2 rings (SSSR count). The summed E-state index contributed by atoms with van der Waals surface area (Å²) in [6, 6.07) is 1.58. The molecular formula is C10H11N3O3S. The van der Waals surface area contributed by atoms with Crippen LogP contribution in [0.5, 0.6) is 0 Å². The average Bonchev–Trinajstić information content (AvgIpc) is 2.97. The number of carbonyl (C=O) groups excluding carboxylic acids is 1. The van der Waals surface area contributed by atoms with Crippen LogP contribution < -0.4 is 5.73 Å². The standard InChI is InChI=1S/C10H11N3O3S/c1-2-15-10(14)6-3-8(16-9(6)4-11)7-5-17-13-12-7/h3,5H,2,4,11H2,1H3. The molecule has 0 amide bonds. The zero-order valence-corrected chi connectivity index (χ0v) is 9.99. The summed E-state index contributed by atoms with van der Waals surface area (Å²) in [5.41, 5.74) is 6.44. The number of ether oxygens (including phenoxy) is 1. The molecule has 0 unspecified atom stereocenters. The lowest BCUT2D eigenvalue weighted by Crippen LogP contribution is -2.08. The summed E-state index contributed by atoms with van der Waals surface area (Å²) in [5.74, 6) is 0.430. The largest absolute Gasteiger partial charge is 0.462 e. The molecule has 0 fully saturated rings. The molecule has 0 bridgehead atoms. The number of nitrogens with zero attached hydrogens (tertiary/aromatic N) is 2. The predicted octanol–water partition coefficient (Wildman–Crippen LogP) is 1.43. The summed E-state index contributed by atoms with van der Waals surface area (Å²) >= 11 is 1.21. The quantitative estimate of drug-likeness (QED) is 0.829. The van der Waals surface area contributed by atoms with Crippen molar-refractivity contribution in [1.29, 1.82) is 0 Å². The van der Waals surface area contributed by atoms with Crippen LogP contribution in [0.25, 0.3) is 11.5 Å². The minimum Gasteiger partial charge on any atom is -0.462 e. The van der Waals surface area contributed by atoms with E-state index in [0.717, 1.165) is 0 Å². The number of carbonyl (C=O) groups is 1. The van der Waals surface area contributed by atoms with Gasteiger partial charge in [0, 0.05) is 11.4 Å². The van der Waals surface area contributed by atoms with Crippen molar-refractivity contribution in [3.8, 4) is 11.5 Å². The van der Waals surface area contributed by atoms with E-state index in [1.807, 2.05) is 0 Å². The first-order chi connectivity index (χ1) is 8.26. The van der Waals surface area contributed by atoms with Gasteiger partial charge in [-0.15, -0.1) is 5.10 Å². The van der Waals surface area contributed by atoms with Gasteiger partial charge in [-0.25, -0.2) is 4.79 Å². The van der Waals surface area contributed by atoms with Crippen molar-refractivity contribution in [3.05, 3.63) is 22.8 Å². The molecule has 0 atom stereocenters. The van der Waals surface area contributed by atoms with Gasteiger partial charge in [-0.05, 0) is 18.5 Å². The molecule has 90 valence electrons. The fraction of sp³-hybridized carbons (Fsp3) is 0.300. The van der Waals surface area contributed by atoms with Crippen LogP contribution in [0.4, 0.5) is 0 Å². The van der Waals surface area contributed by atoms with Gasteiger partial charge >= 0.3 is 5.97 Å². The van der Waals surface area contributed by atoms with Crippen molar-refractivity contribution in [2.24, 2.45) is 5.73 Å². The lowest BCUT2D eigenvalue weighted by Gasteiger charge is -1.99.